The van der Waals surface area contributed by atoms with E-state index in [2.05, 4.69) is 15.3 Å². The quantitative estimate of drug-likeness (QED) is 0.154. The molecule has 2 aromatic carbocycles. The van der Waals surface area contributed by atoms with Crippen LogP contribution in [0, 0.1) is 0 Å². The first-order chi connectivity index (χ1) is 15.4. The molecular formula is C21H26N8O3. The van der Waals surface area contributed by atoms with Crippen LogP contribution in [0.15, 0.2) is 63.1 Å². The van der Waals surface area contributed by atoms with Crippen LogP contribution in [0.3, 0.4) is 0 Å². The van der Waals surface area contributed by atoms with Crippen LogP contribution in [-0.2, 0) is 13.1 Å². The summed E-state index contributed by atoms with van der Waals surface area (Å²) < 4.78 is 7.64. The SMILES string of the molecule is COc1ccc(Cn2c(NCCN=C(N)N)nc(=O)n(Cc3cccc(N)c3)c2=O)cc1. The smallest absolute Gasteiger partial charge is 0.355 e. The Kier molecular flexibility index (Phi) is 7.11. The zero-order valence-electron chi connectivity index (χ0n) is 17.7. The number of methoxy groups -OCH3 is 1. The highest BCUT2D eigenvalue weighted by atomic mass is 16.5. The van der Waals surface area contributed by atoms with E-state index in [-0.39, 0.29) is 38.1 Å². The molecule has 0 bridgehead atoms. The molecule has 0 spiro atoms. The first kappa shape index (κ1) is 22.4. The maximum atomic E-state index is 13.3. The number of hydrogen-bond acceptors (Lipinski definition) is 7. The van der Waals surface area contributed by atoms with Crippen molar-refractivity contribution in [3.8, 4) is 5.75 Å². The highest BCUT2D eigenvalue weighted by Gasteiger charge is 2.14. The molecule has 0 fully saturated rings. The molecule has 0 saturated heterocycles. The zero-order valence-corrected chi connectivity index (χ0v) is 17.7. The van der Waals surface area contributed by atoms with Gasteiger partial charge in [-0.3, -0.25) is 9.56 Å². The number of aliphatic imine (C=N–C) groups is 1. The Labute approximate surface area is 184 Å². The molecule has 3 rings (SSSR count). The summed E-state index contributed by atoms with van der Waals surface area (Å²) in [7, 11) is 1.58. The third-order valence-electron chi connectivity index (χ3n) is 4.63. The van der Waals surface area contributed by atoms with Gasteiger partial charge in [0.2, 0.25) is 5.95 Å². The van der Waals surface area contributed by atoms with E-state index in [4.69, 9.17) is 21.9 Å². The predicted octanol–water partition coefficient (Wildman–Crippen LogP) is -0.222. The average molecular weight is 438 g/mol. The van der Waals surface area contributed by atoms with E-state index in [0.717, 1.165) is 15.7 Å². The number of aromatic nitrogens is 3. The molecule has 3 aromatic rings. The number of guanidine groups is 1. The number of nitrogens with one attached hydrogen (secondary N) is 1. The fourth-order valence-electron chi connectivity index (χ4n) is 3.08. The van der Waals surface area contributed by atoms with Crippen LogP contribution in [0.2, 0.25) is 0 Å². The average Bonchev–Trinajstić information content (AvgIpc) is 2.77. The lowest BCUT2D eigenvalue weighted by atomic mass is 10.2. The van der Waals surface area contributed by atoms with Crippen molar-refractivity contribution >= 4 is 17.6 Å². The molecule has 0 aliphatic rings. The molecule has 0 amide bonds. The van der Waals surface area contributed by atoms with E-state index in [1.807, 2.05) is 12.1 Å². The molecule has 0 atom stereocenters. The molecule has 1 aromatic heterocycles. The van der Waals surface area contributed by atoms with Crippen molar-refractivity contribution in [1.29, 1.82) is 0 Å². The number of nitrogen functional groups attached to an aromatic ring is 1. The van der Waals surface area contributed by atoms with Gasteiger partial charge in [0.25, 0.3) is 0 Å². The van der Waals surface area contributed by atoms with Crippen LogP contribution in [-0.4, -0.2) is 40.3 Å². The third kappa shape index (κ3) is 5.65. The Morgan fingerprint density at radius 1 is 1.06 bits per heavy atom. The Morgan fingerprint density at radius 2 is 1.78 bits per heavy atom. The van der Waals surface area contributed by atoms with Crippen molar-refractivity contribution in [3.05, 3.63) is 80.6 Å². The molecule has 11 heteroatoms. The molecular weight excluding hydrogens is 412 g/mol. The highest BCUT2D eigenvalue weighted by Crippen LogP contribution is 2.13. The number of rotatable bonds is 9. The Bertz CT molecular complexity index is 1210. The zero-order chi connectivity index (χ0) is 23.1. The first-order valence-corrected chi connectivity index (χ1v) is 9.85. The van der Waals surface area contributed by atoms with Crippen LogP contribution in [0.5, 0.6) is 5.75 Å². The van der Waals surface area contributed by atoms with Crippen molar-refractivity contribution in [2.75, 3.05) is 31.2 Å². The summed E-state index contributed by atoms with van der Waals surface area (Å²) in [6.45, 7) is 0.781. The number of anilines is 2. The van der Waals surface area contributed by atoms with Crippen LogP contribution < -0.4 is 38.6 Å². The normalized spacial score (nSPS) is 10.5. The summed E-state index contributed by atoms with van der Waals surface area (Å²) in [5.74, 6) is 0.778. The van der Waals surface area contributed by atoms with Crippen molar-refractivity contribution in [3.63, 3.8) is 0 Å². The van der Waals surface area contributed by atoms with Gasteiger partial charge in [-0.25, -0.2) is 14.2 Å². The number of nitrogens with two attached hydrogens (primary N) is 3. The molecule has 0 unspecified atom stereocenters. The van der Waals surface area contributed by atoms with Crippen LogP contribution in [0.1, 0.15) is 11.1 Å². The van der Waals surface area contributed by atoms with Crippen molar-refractivity contribution < 1.29 is 4.74 Å². The summed E-state index contributed by atoms with van der Waals surface area (Å²) in [5.41, 5.74) is 17.4. The summed E-state index contributed by atoms with van der Waals surface area (Å²) >= 11 is 0. The number of hydrogen-bond donors (Lipinski definition) is 4. The summed E-state index contributed by atoms with van der Waals surface area (Å²) in [5, 5.41) is 2.97. The fraction of sp³-hybridized carbons (Fsp3) is 0.238. The second kappa shape index (κ2) is 10.2. The molecule has 1 heterocycles. The second-order valence-corrected chi connectivity index (χ2v) is 7.00. The fourth-order valence-corrected chi connectivity index (χ4v) is 3.08. The lowest BCUT2D eigenvalue weighted by molar-refractivity contribution is 0.414. The predicted molar refractivity (Wildman–Crippen MR) is 124 cm³/mol. The Balaban J connectivity index is 1.98. The lowest BCUT2D eigenvalue weighted by Crippen LogP contribution is -2.43. The molecule has 0 aliphatic heterocycles. The van der Waals surface area contributed by atoms with Gasteiger partial charge in [-0.1, -0.05) is 24.3 Å². The monoisotopic (exact) mass is 438 g/mol. The van der Waals surface area contributed by atoms with Crippen LogP contribution in [0.25, 0.3) is 0 Å². The van der Waals surface area contributed by atoms with Crippen molar-refractivity contribution in [2.45, 2.75) is 13.1 Å². The van der Waals surface area contributed by atoms with Crippen molar-refractivity contribution in [2.24, 2.45) is 16.5 Å². The third-order valence-corrected chi connectivity index (χ3v) is 4.63. The molecule has 0 saturated carbocycles. The minimum absolute atomic E-state index is 0.0482. The largest absolute Gasteiger partial charge is 0.497 e. The maximum Gasteiger partial charge on any atom is 0.355 e. The van der Waals surface area contributed by atoms with Crippen molar-refractivity contribution in [1.82, 2.24) is 14.1 Å². The minimum Gasteiger partial charge on any atom is -0.497 e. The lowest BCUT2D eigenvalue weighted by Gasteiger charge is -2.15. The van der Waals surface area contributed by atoms with Gasteiger partial charge in [0, 0.05) is 12.2 Å². The highest BCUT2D eigenvalue weighted by molar-refractivity contribution is 5.75. The molecule has 0 aliphatic carbocycles. The Hall–Kier alpha value is -4.28. The second-order valence-electron chi connectivity index (χ2n) is 7.00. The standard InChI is InChI=1S/C21H26N8O3/c1-32-17-7-5-14(6-8-17)12-28-19(26-10-9-25-18(23)24)27-20(30)29(21(28)31)13-15-3-2-4-16(22)11-15/h2-8,11H,9-10,12-13,22H2,1H3,(H4,23,24,25)(H,26,27,30). The van der Waals surface area contributed by atoms with E-state index in [0.29, 0.717) is 11.4 Å². The molecule has 32 heavy (non-hydrogen) atoms. The molecule has 0 radical (unpaired) electrons. The van der Waals surface area contributed by atoms with Gasteiger partial charge in [0.1, 0.15) is 5.75 Å². The van der Waals surface area contributed by atoms with E-state index in [9.17, 15) is 9.59 Å². The number of benzene rings is 2. The molecule has 11 nitrogen and oxygen atoms in total. The van der Waals surface area contributed by atoms with Gasteiger partial charge in [-0.2, -0.15) is 4.98 Å². The minimum atomic E-state index is -0.673. The van der Waals surface area contributed by atoms with E-state index >= 15 is 0 Å². The number of nitrogens with zero attached hydrogens (tertiary/aromatic N) is 4. The summed E-state index contributed by atoms with van der Waals surface area (Å²) in [6, 6.07) is 14.3. The van der Waals surface area contributed by atoms with Gasteiger partial charge >= 0.3 is 11.4 Å². The van der Waals surface area contributed by atoms with Gasteiger partial charge in [-0.05, 0) is 35.4 Å². The molecule has 168 valence electrons. The maximum absolute atomic E-state index is 13.3. The van der Waals surface area contributed by atoms with Crippen LogP contribution in [0.4, 0.5) is 11.6 Å². The Morgan fingerprint density at radius 3 is 2.44 bits per heavy atom. The van der Waals surface area contributed by atoms with Gasteiger partial charge in [-0.15, -0.1) is 0 Å². The summed E-state index contributed by atoms with van der Waals surface area (Å²) in [4.78, 5) is 33.9. The first-order valence-electron chi connectivity index (χ1n) is 9.85. The van der Waals surface area contributed by atoms with Gasteiger partial charge in [0.05, 0.1) is 26.7 Å². The van der Waals surface area contributed by atoms with Crippen LogP contribution >= 0.6 is 0 Å². The molecule has 7 N–H and O–H groups in total. The van der Waals surface area contributed by atoms with Gasteiger partial charge in [0.15, 0.2) is 5.96 Å². The van der Waals surface area contributed by atoms with E-state index < -0.39 is 11.4 Å². The van der Waals surface area contributed by atoms with E-state index in [1.54, 1.807) is 43.5 Å². The van der Waals surface area contributed by atoms with Gasteiger partial charge < -0.3 is 27.3 Å². The topological polar surface area (TPSA) is 169 Å². The number of ether oxygens (including phenoxy) is 1. The van der Waals surface area contributed by atoms with E-state index in [1.165, 1.54) is 4.57 Å². The summed E-state index contributed by atoms with van der Waals surface area (Å²) in [6.07, 6.45) is 0.